The van der Waals surface area contributed by atoms with Crippen LogP contribution in [0.3, 0.4) is 0 Å². The molecule has 1 fully saturated rings. The second kappa shape index (κ2) is 8.27. The fourth-order valence-corrected chi connectivity index (χ4v) is 4.93. The molecule has 2 rings (SSSR count). The van der Waals surface area contributed by atoms with E-state index in [4.69, 9.17) is 4.74 Å². The van der Waals surface area contributed by atoms with Crippen molar-refractivity contribution in [2.75, 3.05) is 13.2 Å². The lowest BCUT2D eigenvalue weighted by Crippen LogP contribution is -2.28. The van der Waals surface area contributed by atoms with Crippen LogP contribution >= 0.6 is 11.3 Å². The third-order valence-electron chi connectivity index (χ3n) is 3.80. The molecule has 0 spiro atoms. The van der Waals surface area contributed by atoms with Gasteiger partial charge in [-0.2, -0.15) is 0 Å². The van der Waals surface area contributed by atoms with Crippen molar-refractivity contribution in [1.29, 1.82) is 0 Å². The molecule has 0 aromatic carbocycles. The summed E-state index contributed by atoms with van der Waals surface area (Å²) in [5.74, 6) is 0. The van der Waals surface area contributed by atoms with Crippen molar-refractivity contribution in [1.82, 2.24) is 4.72 Å². The summed E-state index contributed by atoms with van der Waals surface area (Å²) in [6, 6.07) is 3.55. The standard InChI is InChI=1S/C15H25NO3S2/c1-2-14-9-10-15(20-14)21(17,18)16-11-12-19-13-7-5-3-4-6-8-13/h9-10,13,16H,2-8,11-12H2,1H3. The molecule has 0 saturated heterocycles. The van der Waals surface area contributed by atoms with Crippen LogP contribution in [0, 0.1) is 0 Å². The molecule has 1 aromatic heterocycles. The molecule has 0 amide bonds. The van der Waals surface area contributed by atoms with Crippen molar-refractivity contribution in [3.63, 3.8) is 0 Å². The SMILES string of the molecule is CCc1ccc(S(=O)(=O)NCCOC2CCCCCC2)s1. The summed E-state index contributed by atoms with van der Waals surface area (Å²) < 4.78 is 33.0. The lowest BCUT2D eigenvalue weighted by Gasteiger charge is -2.15. The van der Waals surface area contributed by atoms with Crippen molar-refractivity contribution in [2.24, 2.45) is 0 Å². The van der Waals surface area contributed by atoms with Crippen LogP contribution in [-0.4, -0.2) is 27.7 Å². The number of hydrogen-bond acceptors (Lipinski definition) is 4. The minimum Gasteiger partial charge on any atom is -0.377 e. The molecule has 21 heavy (non-hydrogen) atoms. The summed E-state index contributed by atoms with van der Waals surface area (Å²) in [6.45, 7) is 2.82. The Balaban J connectivity index is 1.74. The Labute approximate surface area is 132 Å². The molecule has 0 bridgehead atoms. The topological polar surface area (TPSA) is 55.4 Å². The summed E-state index contributed by atoms with van der Waals surface area (Å²) in [4.78, 5) is 1.09. The average molecular weight is 332 g/mol. The smallest absolute Gasteiger partial charge is 0.250 e. The first kappa shape index (κ1) is 16.9. The molecule has 120 valence electrons. The van der Waals surface area contributed by atoms with Crippen molar-refractivity contribution in [2.45, 2.75) is 62.2 Å². The first-order valence-electron chi connectivity index (χ1n) is 7.82. The fraction of sp³-hybridized carbons (Fsp3) is 0.733. The van der Waals surface area contributed by atoms with Crippen LogP contribution in [0.2, 0.25) is 0 Å². The van der Waals surface area contributed by atoms with Crippen LogP contribution in [0.25, 0.3) is 0 Å². The van der Waals surface area contributed by atoms with Crippen molar-refractivity contribution >= 4 is 21.4 Å². The van der Waals surface area contributed by atoms with Gasteiger partial charge in [-0.25, -0.2) is 13.1 Å². The van der Waals surface area contributed by atoms with Crippen LogP contribution in [0.1, 0.15) is 50.3 Å². The first-order chi connectivity index (χ1) is 10.1. The summed E-state index contributed by atoms with van der Waals surface area (Å²) in [5.41, 5.74) is 0. The molecular formula is C15H25NO3S2. The monoisotopic (exact) mass is 331 g/mol. The third-order valence-corrected chi connectivity index (χ3v) is 6.98. The van der Waals surface area contributed by atoms with Gasteiger partial charge in [0.05, 0.1) is 12.7 Å². The zero-order chi connectivity index (χ0) is 15.1. The summed E-state index contributed by atoms with van der Waals surface area (Å²) in [6.07, 6.45) is 8.44. The predicted octanol–water partition coefficient (Wildman–Crippen LogP) is 3.33. The van der Waals surface area contributed by atoms with Gasteiger partial charge < -0.3 is 4.74 Å². The van der Waals surface area contributed by atoms with E-state index >= 15 is 0 Å². The molecule has 0 radical (unpaired) electrons. The van der Waals surface area contributed by atoms with Gasteiger partial charge in [-0.05, 0) is 31.4 Å². The summed E-state index contributed by atoms with van der Waals surface area (Å²) >= 11 is 1.34. The minimum atomic E-state index is -3.37. The molecule has 1 aliphatic carbocycles. The zero-order valence-corrected chi connectivity index (χ0v) is 14.3. The van der Waals surface area contributed by atoms with Gasteiger partial charge in [-0.3, -0.25) is 0 Å². The van der Waals surface area contributed by atoms with E-state index in [2.05, 4.69) is 4.72 Å². The highest BCUT2D eigenvalue weighted by Gasteiger charge is 2.17. The number of nitrogens with one attached hydrogen (secondary N) is 1. The number of rotatable bonds is 7. The van der Waals surface area contributed by atoms with E-state index in [1.54, 1.807) is 6.07 Å². The van der Waals surface area contributed by atoms with Gasteiger partial charge in [0.2, 0.25) is 10.0 Å². The van der Waals surface area contributed by atoms with Crippen molar-refractivity contribution in [3.8, 4) is 0 Å². The number of thiophene rings is 1. The number of sulfonamides is 1. The molecule has 4 nitrogen and oxygen atoms in total. The molecule has 1 saturated carbocycles. The van der Waals surface area contributed by atoms with Crippen LogP contribution in [0.4, 0.5) is 0 Å². The maximum Gasteiger partial charge on any atom is 0.250 e. The van der Waals surface area contributed by atoms with E-state index in [-0.39, 0.29) is 0 Å². The Morgan fingerprint density at radius 2 is 1.95 bits per heavy atom. The average Bonchev–Trinajstić information content (AvgIpc) is 2.82. The Morgan fingerprint density at radius 3 is 2.57 bits per heavy atom. The minimum absolute atomic E-state index is 0.311. The van der Waals surface area contributed by atoms with Gasteiger partial charge in [-0.15, -0.1) is 11.3 Å². The Bertz CT molecular complexity index is 517. The van der Waals surface area contributed by atoms with Gasteiger partial charge >= 0.3 is 0 Å². The van der Waals surface area contributed by atoms with Gasteiger partial charge in [0.15, 0.2) is 0 Å². The second-order valence-electron chi connectivity index (χ2n) is 5.46. The molecule has 1 N–H and O–H groups in total. The Hall–Kier alpha value is -0.430. The molecule has 0 unspecified atom stereocenters. The lowest BCUT2D eigenvalue weighted by atomic mass is 10.1. The zero-order valence-electron chi connectivity index (χ0n) is 12.6. The van der Waals surface area contributed by atoms with Crippen LogP contribution in [0.5, 0.6) is 0 Å². The van der Waals surface area contributed by atoms with Crippen LogP contribution < -0.4 is 4.72 Å². The van der Waals surface area contributed by atoms with E-state index in [0.717, 1.165) is 24.1 Å². The third kappa shape index (κ3) is 5.36. The van der Waals surface area contributed by atoms with Crippen molar-refractivity contribution < 1.29 is 13.2 Å². The first-order valence-corrected chi connectivity index (χ1v) is 10.1. The largest absolute Gasteiger partial charge is 0.377 e. The maximum absolute atomic E-state index is 12.1. The molecule has 0 aliphatic heterocycles. The molecule has 6 heteroatoms. The van der Waals surface area contributed by atoms with E-state index in [1.165, 1.54) is 37.0 Å². The van der Waals surface area contributed by atoms with Crippen LogP contribution in [0.15, 0.2) is 16.3 Å². The van der Waals surface area contributed by atoms with Crippen molar-refractivity contribution in [3.05, 3.63) is 17.0 Å². The Kier molecular flexibility index (Phi) is 6.67. The highest BCUT2D eigenvalue weighted by molar-refractivity contribution is 7.91. The van der Waals surface area contributed by atoms with E-state index in [1.807, 2.05) is 13.0 Å². The molecule has 1 aliphatic rings. The number of aryl methyl sites for hydroxylation is 1. The summed E-state index contributed by atoms with van der Waals surface area (Å²) in [7, 11) is -3.37. The highest BCUT2D eigenvalue weighted by atomic mass is 32.2. The molecular weight excluding hydrogens is 306 g/mol. The van der Waals surface area contributed by atoms with Gasteiger partial charge in [0.25, 0.3) is 0 Å². The number of ether oxygens (including phenoxy) is 1. The highest BCUT2D eigenvalue weighted by Crippen LogP contribution is 2.22. The van der Waals surface area contributed by atoms with E-state index in [0.29, 0.717) is 23.5 Å². The number of hydrogen-bond donors (Lipinski definition) is 1. The van der Waals surface area contributed by atoms with Gasteiger partial charge in [0, 0.05) is 11.4 Å². The van der Waals surface area contributed by atoms with E-state index in [9.17, 15) is 8.42 Å². The van der Waals surface area contributed by atoms with Gasteiger partial charge in [0.1, 0.15) is 4.21 Å². The Morgan fingerprint density at radius 1 is 1.24 bits per heavy atom. The predicted molar refractivity (Wildman–Crippen MR) is 86.3 cm³/mol. The molecule has 0 atom stereocenters. The van der Waals surface area contributed by atoms with Gasteiger partial charge in [-0.1, -0.05) is 32.6 Å². The summed E-state index contributed by atoms with van der Waals surface area (Å²) in [5, 5.41) is 0. The van der Waals surface area contributed by atoms with Crippen LogP contribution in [-0.2, 0) is 21.2 Å². The molecule has 1 aromatic rings. The lowest BCUT2D eigenvalue weighted by molar-refractivity contribution is 0.0471. The quantitative estimate of drug-likeness (QED) is 0.616. The van der Waals surface area contributed by atoms with E-state index < -0.39 is 10.0 Å². The molecule has 1 heterocycles. The fourth-order valence-electron chi connectivity index (χ4n) is 2.57. The maximum atomic E-state index is 12.1. The second-order valence-corrected chi connectivity index (χ2v) is 8.62. The normalized spacial score (nSPS) is 17.8.